The maximum atomic E-state index is 6.78. The van der Waals surface area contributed by atoms with Gasteiger partial charge in [0.25, 0.3) is 0 Å². The van der Waals surface area contributed by atoms with Crippen LogP contribution in [0, 0.1) is 27.7 Å². The third-order valence-electron chi connectivity index (χ3n) is 11.3. The number of benzene rings is 6. The van der Waals surface area contributed by atoms with Crippen LogP contribution in [0.3, 0.4) is 0 Å². The zero-order valence-corrected chi connectivity index (χ0v) is 33.0. The number of para-hydroxylation sites is 3. The van der Waals surface area contributed by atoms with E-state index in [0.717, 1.165) is 22.8 Å². The standard InChI is InChI=1S/C46H45BO2SSi/c1-28-24-26-32(30(3)42(28)34-16-14-19-37-44(34)48-39-21-11-10-18-36(39)46(37,5)6)33-27-25-29(2)43(31(33)4)35-17-15-20-38-45(35)50-51(8,9)41-23-13-12-22-40(41)49-47(38)7/h10-27H,1-9H3. The molecule has 51 heavy (non-hydrogen) atoms. The summed E-state index contributed by atoms with van der Waals surface area (Å²) < 4.78 is 13.5. The summed E-state index contributed by atoms with van der Waals surface area (Å²) in [6.07, 6.45) is 0. The second kappa shape index (κ2) is 12.4. The quantitative estimate of drug-likeness (QED) is 0.171. The van der Waals surface area contributed by atoms with Gasteiger partial charge in [-0.2, -0.15) is 0 Å². The van der Waals surface area contributed by atoms with E-state index in [0.29, 0.717) is 0 Å². The van der Waals surface area contributed by atoms with Crippen molar-refractivity contribution in [2.75, 3.05) is 0 Å². The molecule has 0 radical (unpaired) electrons. The lowest BCUT2D eigenvalue weighted by Gasteiger charge is -2.35. The summed E-state index contributed by atoms with van der Waals surface area (Å²) in [7, 11) is -1.98. The molecule has 6 aromatic rings. The maximum absolute atomic E-state index is 6.78. The molecule has 0 aromatic heterocycles. The van der Waals surface area contributed by atoms with Crippen LogP contribution in [0.5, 0.6) is 17.2 Å². The number of rotatable bonds is 3. The van der Waals surface area contributed by atoms with Gasteiger partial charge in [0, 0.05) is 27.0 Å². The normalized spacial score (nSPS) is 15.3. The number of ether oxygens (including phenoxy) is 1. The van der Waals surface area contributed by atoms with E-state index >= 15 is 0 Å². The molecule has 0 spiro atoms. The summed E-state index contributed by atoms with van der Waals surface area (Å²) in [5.74, 6) is 2.94. The lowest BCUT2D eigenvalue weighted by molar-refractivity contribution is 0.419. The molecule has 0 atom stereocenters. The van der Waals surface area contributed by atoms with Crippen LogP contribution in [0.1, 0.15) is 47.2 Å². The molecule has 0 N–H and O–H groups in total. The van der Waals surface area contributed by atoms with Gasteiger partial charge in [-0.15, -0.1) is 11.2 Å². The molecule has 0 fully saturated rings. The van der Waals surface area contributed by atoms with Crippen LogP contribution in [0.15, 0.2) is 114 Å². The van der Waals surface area contributed by atoms with Crippen molar-refractivity contribution >= 4 is 36.0 Å². The Morgan fingerprint density at radius 2 is 1.16 bits per heavy atom. The van der Waals surface area contributed by atoms with Crippen LogP contribution >= 0.6 is 11.2 Å². The van der Waals surface area contributed by atoms with Gasteiger partial charge in [0.2, 0.25) is 0 Å². The Morgan fingerprint density at radius 3 is 1.86 bits per heavy atom. The van der Waals surface area contributed by atoms with E-state index in [-0.39, 0.29) is 12.3 Å². The minimum Gasteiger partial charge on any atom is -0.556 e. The molecule has 0 saturated carbocycles. The first-order valence-corrected chi connectivity index (χ1v) is 22.6. The Hall–Kier alpha value is -4.45. The highest BCUT2D eigenvalue weighted by atomic mass is 32.4. The van der Waals surface area contributed by atoms with E-state index in [9.17, 15) is 0 Å². The van der Waals surface area contributed by atoms with Crippen LogP contribution in [-0.2, 0) is 5.41 Å². The van der Waals surface area contributed by atoms with Crippen LogP contribution in [0.25, 0.3) is 33.4 Å². The molecule has 2 aliphatic rings. The van der Waals surface area contributed by atoms with Gasteiger partial charge in [0.1, 0.15) is 11.5 Å². The van der Waals surface area contributed by atoms with E-state index in [4.69, 9.17) is 9.39 Å². The van der Waals surface area contributed by atoms with Crippen molar-refractivity contribution in [1.29, 1.82) is 0 Å². The van der Waals surface area contributed by atoms with Crippen molar-refractivity contribution in [2.45, 2.75) is 71.8 Å². The molecule has 5 heteroatoms. The van der Waals surface area contributed by atoms with E-state index in [1.54, 1.807) is 0 Å². The van der Waals surface area contributed by atoms with Gasteiger partial charge < -0.3 is 9.39 Å². The monoisotopic (exact) mass is 700 g/mol. The molecule has 254 valence electrons. The molecule has 6 aromatic carbocycles. The maximum Gasteiger partial charge on any atom is 0.389 e. The Kier molecular flexibility index (Phi) is 8.16. The van der Waals surface area contributed by atoms with Gasteiger partial charge in [-0.05, 0) is 107 Å². The number of aryl methyl sites for hydroxylation is 2. The van der Waals surface area contributed by atoms with Crippen molar-refractivity contribution < 1.29 is 9.39 Å². The fraction of sp³-hybridized carbons (Fsp3) is 0.217. The molecule has 8 rings (SSSR count). The predicted molar refractivity (Wildman–Crippen MR) is 222 cm³/mol. The van der Waals surface area contributed by atoms with Crippen LogP contribution < -0.4 is 20.0 Å². The minimum atomic E-state index is -1.98. The summed E-state index contributed by atoms with van der Waals surface area (Å²) >= 11 is 2.09. The third-order valence-corrected chi connectivity index (χ3v) is 17.0. The Balaban J connectivity index is 1.28. The fourth-order valence-corrected chi connectivity index (χ4v) is 14.1. The molecule has 2 heterocycles. The Labute approximate surface area is 309 Å². The molecule has 2 aliphatic heterocycles. The first kappa shape index (κ1) is 33.7. The fourth-order valence-electron chi connectivity index (χ4n) is 8.59. The zero-order valence-electron chi connectivity index (χ0n) is 31.2. The summed E-state index contributed by atoms with van der Waals surface area (Å²) in [4.78, 5) is 1.36. The first-order chi connectivity index (χ1) is 24.4. The average Bonchev–Trinajstić information content (AvgIpc) is 3.09. The molecular weight excluding hydrogens is 655 g/mol. The minimum absolute atomic E-state index is 0.0552. The largest absolute Gasteiger partial charge is 0.556 e. The van der Waals surface area contributed by atoms with Gasteiger partial charge in [-0.25, -0.2) is 0 Å². The SMILES string of the molecule is CB1Oc2ccccc2[Si](C)(C)Sc2c1cccc2-c1c(C)ccc(-c2ccc(C)c(-c3cccc4c3Oc3ccccc3C4(C)C)c2C)c1C. The molecule has 0 unspecified atom stereocenters. The van der Waals surface area contributed by atoms with Gasteiger partial charge in [0.05, 0.1) is 5.75 Å². The number of hydrogen-bond donors (Lipinski definition) is 0. The van der Waals surface area contributed by atoms with E-state index in [1.807, 2.05) is 0 Å². The summed E-state index contributed by atoms with van der Waals surface area (Å²) in [5, 5.41) is 1.37. The highest BCUT2D eigenvalue weighted by Crippen LogP contribution is 2.52. The summed E-state index contributed by atoms with van der Waals surface area (Å²) in [6, 6.07) is 39.9. The van der Waals surface area contributed by atoms with E-state index < -0.39 is 7.22 Å². The molecule has 2 nitrogen and oxygen atoms in total. The van der Waals surface area contributed by atoms with Crippen molar-refractivity contribution in [1.82, 2.24) is 0 Å². The highest BCUT2D eigenvalue weighted by Gasteiger charge is 2.37. The lowest BCUT2D eigenvalue weighted by atomic mass is 9.63. The Bertz CT molecular complexity index is 2380. The van der Waals surface area contributed by atoms with Crippen molar-refractivity contribution in [3.8, 4) is 50.6 Å². The molecule has 0 bridgehead atoms. The van der Waals surface area contributed by atoms with Gasteiger partial charge in [-0.3, -0.25) is 0 Å². The van der Waals surface area contributed by atoms with E-state index in [2.05, 4.69) is 182 Å². The van der Waals surface area contributed by atoms with Gasteiger partial charge >= 0.3 is 6.92 Å². The molecular formula is C46H45BO2SSi. The molecule has 0 amide bonds. The zero-order chi connectivity index (χ0) is 35.8. The topological polar surface area (TPSA) is 18.5 Å². The second-order valence-corrected chi connectivity index (χ2v) is 23.2. The predicted octanol–water partition coefficient (Wildman–Crippen LogP) is 11.8. The molecule has 0 saturated heterocycles. The van der Waals surface area contributed by atoms with Crippen LogP contribution in [0.4, 0.5) is 0 Å². The van der Waals surface area contributed by atoms with Crippen LogP contribution in [-0.4, -0.2) is 14.1 Å². The molecule has 0 aliphatic carbocycles. The number of fused-ring (bicyclic) bond motifs is 4. The lowest BCUT2D eigenvalue weighted by Crippen LogP contribution is -2.46. The van der Waals surface area contributed by atoms with Crippen molar-refractivity contribution in [2.24, 2.45) is 0 Å². The summed E-state index contributed by atoms with van der Waals surface area (Å²) in [6.45, 7) is 20.8. The smallest absolute Gasteiger partial charge is 0.389 e. The Morgan fingerprint density at radius 1 is 0.588 bits per heavy atom. The average molecular weight is 701 g/mol. The van der Waals surface area contributed by atoms with E-state index in [1.165, 1.54) is 76.7 Å². The van der Waals surface area contributed by atoms with Gasteiger partial charge in [0.15, 0.2) is 7.22 Å². The van der Waals surface area contributed by atoms with Crippen molar-refractivity contribution in [3.05, 3.63) is 143 Å². The van der Waals surface area contributed by atoms with Crippen molar-refractivity contribution in [3.63, 3.8) is 0 Å². The first-order valence-electron chi connectivity index (χ1n) is 18.1. The van der Waals surface area contributed by atoms with Gasteiger partial charge in [-0.1, -0.05) is 124 Å². The second-order valence-electron chi connectivity index (χ2n) is 15.4. The van der Waals surface area contributed by atoms with Crippen LogP contribution in [0.2, 0.25) is 19.9 Å². The third kappa shape index (κ3) is 5.39. The number of hydrogen-bond acceptors (Lipinski definition) is 3. The highest BCUT2D eigenvalue weighted by molar-refractivity contribution is 8.30. The summed E-state index contributed by atoms with van der Waals surface area (Å²) in [5.41, 5.74) is 16.2.